The van der Waals surface area contributed by atoms with Crippen molar-refractivity contribution in [3.63, 3.8) is 0 Å². The van der Waals surface area contributed by atoms with E-state index in [1.165, 1.54) is 0 Å². The molecular formula is C12H28Cl2O5S2Si3. The summed E-state index contributed by atoms with van der Waals surface area (Å²) in [6.07, 6.45) is 0.343. The molecule has 2 atom stereocenters. The van der Waals surface area contributed by atoms with Gasteiger partial charge >= 0.3 is 0 Å². The van der Waals surface area contributed by atoms with E-state index >= 15 is 0 Å². The minimum absolute atomic E-state index is 0.0118. The number of rotatable bonds is 6. The summed E-state index contributed by atoms with van der Waals surface area (Å²) in [4.78, 5) is 0. The van der Waals surface area contributed by atoms with Gasteiger partial charge < -0.3 is 4.43 Å². The minimum Gasteiger partial charge on any atom is -0.415 e. The van der Waals surface area contributed by atoms with E-state index in [1.807, 2.05) is 6.92 Å². The van der Waals surface area contributed by atoms with Crippen molar-refractivity contribution in [3.05, 3.63) is 0 Å². The van der Waals surface area contributed by atoms with Gasteiger partial charge in [0, 0.05) is 29.0 Å². The molecule has 0 bridgehead atoms. The molecule has 0 radical (unpaired) electrons. The third-order valence-corrected chi connectivity index (χ3v) is 49.2. The lowest BCUT2D eigenvalue weighted by Gasteiger charge is -2.59. The summed E-state index contributed by atoms with van der Waals surface area (Å²) in [5.74, 6) is -0.141. The van der Waals surface area contributed by atoms with Crippen LogP contribution < -0.4 is 0 Å². The molecule has 0 aromatic carbocycles. The van der Waals surface area contributed by atoms with Gasteiger partial charge in [-0.1, -0.05) is 19.6 Å². The molecule has 0 aliphatic carbocycles. The molecule has 0 amide bonds. The van der Waals surface area contributed by atoms with Crippen molar-refractivity contribution in [2.75, 3.05) is 11.5 Å². The maximum atomic E-state index is 11.5. The van der Waals surface area contributed by atoms with Crippen LogP contribution in [0.4, 0.5) is 0 Å². The molecule has 1 saturated heterocycles. The molecule has 0 saturated carbocycles. The zero-order chi connectivity index (χ0) is 19.2. The lowest BCUT2D eigenvalue weighted by Crippen LogP contribution is -2.79. The molecule has 1 heterocycles. The highest BCUT2D eigenvalue weighted by Crippen LogP contribution is 2.47. The average molecular weight is 472 g/mol. The fraction of sp³-hybridized carbons (Fsp3) is 1.00. The summed E-state index contributed by atoms with van der Waals surface area (Å²) >= 11 is 0. The maximum Gasteiger partial charge on any atom is 0.232 e. The van der Waals surface area contributed by atoms with Gasteiger partial charge in [-0.15, -0.1) is 0 Å². The van der Waals surface area contributed by atoms with Crippen LogP contribution in [0.2, 0.25) is 44.8 Å². The summed E-state index contributed by atoms with van der Waals surface area (Å²) in [6, 6.07) is 1.37. The third kappa shape index (κ3) is 5.54. The van der Waals surface area contributed by atoms with E-state index in [1.54, 1.807) is 0 Å². The number of hydrogen-bond acceptors (Lipinski definition) is 5. The number of halogens is 2. The molecule has 0 spiro atoms. The van der Waals surface area contributed by atoms with Gasteiger partial charge in [0.05, 0.1) is 24.2 Å². The van der Waals surface area contributed by atoms with Gasteiger partial charge in [-0.3, -0.25) is 0 Å². The average Bonchev–Trinajstić information content (AvgIpc) is 2.30. The van der Waals surface area contributed by atoms with Gasteiger partial charge in [-0.25, -0.2) is 16.8 Å². The van der Waals surface area contributed by atoms with Crippen LogP contribution in [0.15, 0.2) is 0 Å². The first-order valence-electron chi connectivity index (χ1n) is 7.88. The van der Waals surface area contributed by atoms with Crippen LogP contribution in [0.3, 0.4) is 0 Å². The molecule has 12 heteroatoms. The summed E-state index contributed by atoms with van der Waals surface area (Å²) in [5, 5.41) is 0. The molecule has 144 valence electrons. The number of hydrogen-bond donors (Lipinski definition) is 0. The summed E-state index contributed by atoms with van der Waals surface area (Å²) in [6.45, 7) is 13.2. The van der Waals surface area contributed by atoms with Crippen LogP contribution in [0, 0.1) is 0 Å². The van der Waals surface area contributed by atoms with Crippen molar-refractivity contribution in [1.29, 1.82) is 0 Å². The Morgan fingerprint density at radius 1 is 0.958 bits per heavy atom. The Hall–Kier alpha value is 1.09. The minimum atomic E-state index is -3.58. The first kappa shape index (κ1) is 23.1. The molecule has 1 aliphatic rings. The lowest BCUT2D eigenvalue weighted by atomic mass is 10.1. The van der Waals surface area contributed by atoms with E-state index in [4.69, 9.17) is 25.8 Å². The zero-order valence-electron chi connectivity index (χ0n) is 15.1. The second-order valence-electron chi connectivity index (χ2n) is 8.41. The monoisotopic (exact) mass is 470 g/mol. The second-order valence-corrected chi connectivity index (χ2v) is 40.9. The molecule has 5 nitrogen and oxygen atoms in total. The van der Waals surface area contributed by atoms with Crippen LogP contribution in [0.5, 0.6) is 0 Å². The van der Waals surface area contributed by atoms with Gasteiger partial charge in [0.25, 0.3) is 0 Å². The Morgan fingerprint density at radius 3 is 1.83 bits per heavy atom. The van der Waals surface area contributed by atoms with Crippen molar-refractivity contribution in [1.82, 2.24) is 0 Å². The highest BCUT2D eigenvalue weighted by atomic mass is 35.7. The Balaban J connectivity index is 3.19. The van der Waals surface area contributed by atoms with E-state index in [0.717, 1.165) is 6.04 Å². The van der Waals surface area contributed by atoms with E-state index in [9.17, 15) is 16.8 Å². The fourth-order valence-electron chi connectivity index (χ4n) is 3.78. The standard InChI is InChI=1S/C12H28Cl2O5S2Si3/c1-12(7-8-20(13,15)16)11-24(6,10-9-21(14,17)18)23(4,5)22(2,3)19-12/h7-11H2,1-6H3. The summed E-state index contributed by atoms with van der Waals surface area (Å²) in [5.41, 5.74) is -0.558. The molecule has 1 rings (SSSR count). The van der Waals surface area contributed by atoms with E-state index in [-0.39, 0.29) is 11.5 Å². The van der Waals surface area contributed by atoms with Crippen LogP contribution in [0.1, 0.15) is 13.3 Å². The topological polar surface area (TPSA) is 77.5 Å². The van der Waals surface area contributed by atoms with Gasteiger partial charge in [0.15, 0.2) is 7.83 Å². The maximum absolute atomic E-state index is 11.5. The van der Waals surface area contributed by atoms with Crippen LogP contribution >= 0.6 is 21.4 Å². The molecule has 1 aliphatic heterocycles. The van der Waals surface area contributed by atoms with Crippen molar-refractivity contribution < 1.29 is 21.3 Å². The van der Waals surface area contributed by atoms with Crippen molar-refractivity contribution in [2.45, 2.75) is 63.8 Å². The first-order chi connectivity index (χ1) is 10.3. The van der Waals surface area contributed by atoms with Crippen LogP contribution in [-0.2, 0) is 22.5 Å². The third-order valence-electron chi connectivity index (χ3n) is 6.05. The highest BCUT2D eigenvalue weighted by Gasteiger charge is 2.63. The van der Waals surface area contributed by atoms with Crippen molar-refractivity contribution in [2.24, 2.45) is 0 Å². The molecule has 0 aromatic heterocycles. The molecule has 24 heavy (non-hydrogen) atoms. The fourth-order valence-corrected chi connectivity index (χ4v) is 41.1. The predicted octanol–water partition coefficient (Wildman–Crippen LogP) is 3.45. The van der Waals surface area contributed by atoms with E-state index in [2.05, 4.69) is 32.7 Å². The largest absolute Gasteiger partial charge is 0.415 e. The van der Waals surface area contributed by atoms with Gasteiger partial charge in [-0.05, 0) is 38.5 Å². The lowest BCUT2D eigenvalue weighted by molar-refractivity contribution is 0.0973. The molecule has 0 N–H and O–H groups in total. The van der Waals surface area contributed by atoms with Crippen LogP contribution in [0.25, 0.3) is 0 Å². The zero-order valence-corrected chi connectivity index (χ0v) is 21.3. The van der Waals surface area contributed by atoms with Gasteiger partial charge in [-0.2, -0.15) is 0 Å². The van der Waals surface area contributed by atoms with Gasteiger partial charge in [0.1, 0.15) is 0 Å². The predicted molar refractivity (Wildman–Crippen MR) is 110 cm³/mol. The smallest absolute Gasteiger partial charge is 0.232 e. The molecular weight excluding hydrogens is 443 g/mol. The Labute approximate surface area is 158 Å². The second kappa shape index (κ2) is 6.92. The quantitative estimate of drug-likeness (QED) is 0.438. The van der Waals surface area contributed by atoms with E-state index in [0.29, 0.717) is 12.5 Å². The highest BCUT2D eigenvalue weighted by molar-refractivity contribution is 8.14. The summed E-state index contributed by atoms with van der Waals surface area (Å²) < 4.78 is 52.3. The molecule has 0 aromatic rings. The molecule has 1 fully saturated rings. The van der Waals surface area contributed by atoms with Crippen LogP contribution in [-0.4, -0.2) is 56.5 Å². The Morgan fingerprint density at radius 2 is 1.42 bits per heavy atom. The molecule has 2 unspecified atom stereocenters. The Bertz CT molecular complexity index is 695. The SMILES string of the molecule is CC1(CCS(=O)(=O)Cl)C[Si](C)(CCS(=O)(=O)Cl)[Si](C)(C)[Si](C)(C)O1. The van der Waals surface area contributed by atoms with Crippen molar-refractivity contribution >= 4 is 62.0 Å². The van der Waals surface area contributed by atoms with Gasteiger partial charge in [0.2, 0.25) is 18.1 Å². The first-order valence-corrected chi connectivity index (χ1v) is 23.7. The van der Waals surface area contributed by atoms with Crippen molar-refractivity contribution in [3.8, 4) is 0 Å². The normalized spacial score (nSPS) is 33.3. The summed E-state index contributed by atoms with van der Waals surface area (Å²) in [7, 11) is -2.08. The van der Waals surface area contributed by atoms with E-state index < -0.39 is 46.2 Å². The Kier molecular flexibility index (Phi) is 6.67.